The molecule has 80 valence electrons. The van der Waals surface area contributed by atoms with Crippen LogP contribution in [-0.2, 0) is 0 Å². The number of aliphatic imine (C=N–C) groups is 1. The van der Waals surface area contributed by atoms with E-state index in [9.17, 15) is 0 Å². The molecule has 1 heterocycles. The highest BCUT2D eigenvalue weighted by Crippen LogP contribution is 2.21. The van der Waals surface area contributed by atoms with Gasteiger partial charge in [0.25, 0.3) is 0 Å². The van der Waals surface area contributed by atoms with Gasteiger partial charge in [-0.3, -0.25) is 4.99 Å². The zero-order valence-corrected chi connectivity index (χ0v) is 9.97. The predicted molar refractivity (Wildman–Crippen MR) is 68.8 cm³/mol. The summed E-state index contributed by atoms with van der Waals surface area (Å²) in [5, 5.41) is 4.41. The lowest BCUT2D eigenvalue weighted by molar-refractivity contribution is 0.738. The van der Waals surface area contributed by atoms with Crippen LogP contribution in [0.1, 0.15) is 18.9 Å². The van der Waals surface area contributed by atoms with Crippen LogP contribution in [0.3, 0.4) is 0 Å². The third kappa shape index (κ3) is 2.75. The average molecular weight is 220 g/mol. The molecule has 1 aromatic carbocycles. The second-order valence-electron chi connectivity index (χ2n) is 3.80. The third-order valence-corrected chi connectivity index (χ3v) is 3.52. The first-order valence-corrected chi connectivity index (χ1v) is 6.31. The second-order valence-corrected chi connectivity index (χ2v) is 4.81. The van der Waals surface area contributed by atoms with Gasteiger partial charge in [-0.05, 0) is 25.5 Å². The highest BCUT2D eigenvalue weighted by molar-refractivity contribution is 8.14. The molecule has 15 heavy (non-hydrogen) atoms. The highest BCUT2D eigenvalue weighted by Gasteiger charge is 2.15. The summed E-state index contributed by atoms with van der Waals surface area (Å²) >= 11 is 1.81. The Bertz CT molecular complexity index is 356. The molecule has 0 fully saturated rings. The van der Waals surface area contributed by atoms with Gasteiger partial charge < -0.3 is 5.32 Å². The fourth-order valence-corrected chi connectivity index (χ4v) is 2.53. The van der Waals surface area contributed by atoms with Gasteiger partial charge in [-0.25, -0.2) is 0 Å². The Hall–Kier alpha value is -0.960. The number of rotatable bonds is 2. The van der Waals surface area contributed by atoms with Crippen LogP contribution < -0.4 is 5.32 Å². The Balaban J connectivity index is 2.00. The maximum Gasteiger partial charge on any atom is 0.161 e. The van der Waals surface area contributed by atoms with Gasteiger partial charge in [-0.15, -0.1) is 0 Å². The van der Waals surface area contributed by atoms with Crippen LogP contribution in [0.15, 0.2) is 29.3 Å². The van der Waals surface area contributed by atoms with E-state index in [2.05, 4.69) is 48.4 Å². The molecule has 0 radical (unpaired) electrons. The van der Waals surface area contributed by atoms with Crippen molar-refractivity contribution in [2.75, 3.05) is 11.1 Å². The van der Waals surface area contributed by atoms with E-state index in [4.69, 9.17) is 0 Å². The highest BCUT2D eigenvalue weighted by atomic mass is 32.2. The molecular formula is C12H16N2S. The lowest BCUT2D eigenvalue weighted by atomic mass is 10.2. The van der Waals surface area contributed by atoms with Gasteiger partial charge in [0.15, 0.2) is 5.17 Å². The van der Waals surface area contributed by atoms with E-state index in [1.54, 1.807) is 0 Å². The van der Waals surface area contributed by atoms with Crippen molar-refractivity contribution in [1.82, 2.24) is 0 Å². The first-order chi connectivity index (χ1) is 7.28. The summed E-state index contributed by atoms with van der Waals surface area (Å²) < 4.78 is 0. The number of nitrogens with one attached hydrogen (secondary N) is 1. The van der Waals surface area contributed by atoms with Crippen molar-refractivity contribution in [2.45, 2.75) is 26.3 Å². The number of thioether (sulfide) groups is 1. The van der Waals surface area contributed by atoms with Crippen molar-refractivity contribution in [3.8, 4) is 0 Å². The van der Waals surface area contributed by atoms with E-state index in [0.29, 0.717) is 6.04 Å². The first kappa shape index (κ1) is 10.6. The number of benzene rings is 1. The fraction of sp³-hybridized carbons (Fsp3) is 0.417. The van der Waals surface area contributed by atoms with Crippen LogP contribution in [0.25, 0.3) is 0 Å². The quantitative estimate of drug-likeness (QED) is 0.827. The third-order valence-electron chi connectivity index (χ3n) is 2.49. The summed E-state index contributed by atoms with van der Waals surface area (Å²) in [6, 6.07) is 8.91. The molecule has 2 nitrogen and oxygen atoms in total. The smallest absolute Gasteiger partial charge is 0.161 e. The second kappa shape index (κ2) is 4.71. The summed E-state index contributed by atoms with van der Waals surface area (Å²) in [6.45, 7) is 4.28. The summed E-state index contributed by atoms with van der Waals surface area (Å²) in [7, 11) is 0. The number of nitrogens with zero attached hydrogens (tertiary/aromatic N) is 1. The minimum Gasteiger partial charge on any atom is -0.335 e. The number of hydrogen-bond donors (Lipinski definition) is 1. The molecule has 3 heteroatoms. The molecule has 1 aliphatic rings. The van der Waals surface area contributed by atoms with E-state index in [1.807, 2.05) is 11.8 Å². The molecule has 0 unspecified atom stereocenters. The lowest BCUT2D eigenvalue weighted by Gasteiger charge is -2.04. The molecule has 2 rings (SSSR count). The van der Waals surface area contributed by atoms with Crippen LogP contribution in [0, 0.1) is 6.92 Å². The Morgan fingerprint density at radius 3 is 2.73 bits per heavy atom. The van der Waals surface area contributed by atoms with Crippen LogP contribution >= 0.6 is 11.8 Å². The van der Waals surface area contributed by atoms with Crippen molar-refractivity contribution in [2.24, 2.45) is 4.99 Å². The van der Waals surface area contributed by atoms with Crippen LogP contribution in [0.4, 0.5) is 5.69 Å². The summed E-state index contributed by atoms with van der Waals surface area (Å²) in [5.41, 5.74) is 2.41. The van der Waals surface area contributed by atoms with Crippen molar-refractivity contribution in [1.29, 1.82) is 0 Å². The van der Waals surface area contributed by atoms with E-state index in [0.717, 1.165) is 23.0 Å². The molecule has 0 saturated carbocycles. The molecule has 0 amide bonds. The normalized spacial score (nSPS) is 20.1. The molecule has 0 spiro atoms. The maximum atomic E-state index is 4.59. The average Bonchev–Trinajstić information content (AvgIpc) is 2.69. The lowest BCUT2D eigenvalue weighted by Crippen LogP contribution is -2.05. The largest absolute Gasteiger partial charge is 0.335 e. The van der Waals surface area contributed by atoms with Crippen molar-refractivity contribution >= 4 is 22.6 Å². The minimum absolute atomic E-state index is 0.503. The summed E-state index contributed by atoms with van der Waals surface area (Å²) in [6.07, 6.45) is 1.13. The van der Waals surface area contributed by atoms with Gasteiger partial charge in [0, 0.05) is 11.4 Å². The van der Waals surface area contributed by atoms with E-state index in [-0.39, 0.29) is 0 Å². The molecule has 1 N–H and O–H groups in total. The number of aryl methyl sites for hydroxylation is 1. The zero-order chi connectivity index (χ0) is 10.7. The number of anilines is 1. The van der Waals surface area contributed by atoms with Crippen molar-refractivity contribution in [3.63, 3.8) is 0 Å². The minimum atomic E-state index is 0.503. The van der Waals surface area contributed by atoms with Gasteiger partial charge in [0.2, 0.25) is 0 Å². The van der Waals surface area contributed by atoms with Gasteiger partial charge >= 0.3 is 0 Å². The Morgan fingerprint density at radius 2 is 2.13 bits per heavy atom. The van der Waals surface area contributed by atoms with Gasteiger partial charge in [0.1, 0.15) is 0 Å². The molecule has 1 aromatic rings. The molecule has 1 aliphatic heterocycles. The molecule has 0 aromatic heterocycles. The SMILES string of the molecule is CC[C@H]1CSC(Nc2ccc(C)cc2)=N1. The van der Waals surface area contributed by atoms with E-state index < -0.39 is 0 Å². The molecular weight excluding hydrogens is 204 g/mol. The molecule has 0 saturated heterocycles. The number of amidine groups is 1. The van der Waals surface area contributed by atoms with Crippen molar-refractivity contribution < 1.29 is 0 Å². The molecule has 1 atom stereocenters. The van der Waals surface area contributed by atoms with Crippen LogP contribution in [0.5, 0.6) is 0 Å². The monoisotopic (exact) mass is 220 g/mol. The Labute approximate surface area is 95.2 Å². The maximum absolute atomic E-state index is 4.59. The van der Waals surface area contributed by atoms with Gasteiger partial charge in [-0.2, -0.15) is 0 Å². The zero-order valence-electron chi connectivity index (χ0n) is 9.16. The van der Waals surface area contributed by atoms with Gasteiger partial charge in [0.05, 0.1) is 6.04 Å². The molecule has 0 aliphatic carbocycles. The molecule has 0 bridgehead atoms. The number of hydrogen-bond acceptors (Lipinski definition) is 3. The van der Waals surface area contributed by atoms with Gasteiger partial charge in [-0.1, -0.05) is 36.4 Å². The summed E-state index contributed by atoms with van der Waals surface area (Å²) in [5.74, 6) is 1.12. The van der Waals surface area contributed by atoms with Crippen molar-refractivity contribution in [3.05, 3.63) is 29.8 Å². The fourth-order valence-electron chi connectivity index (χ4n) is 1.45. The Kier molecular flexibility index (Phi) is 3.31. The standard InChI is InChI=1S/C12H16N2S/c1-3-10-8-15-12(13-10)14-11-6-4-9(2)5-7-11/h4-7,10H,3,8H2,1-2H3,(H,13,14)/t10-/m0/s1. The van der Waals surface area contributed by atoms with E-state index >= 15 is 0 Å². The topological polar surface area (TPSA) is 24.4 Å². The Morgan fingerprint density at radius 1 is 1.40 bits per heavy atom. The van der Waals surface area contributed by atoms with Crippen LogP contribution in [-0.4, -0.2) is 17.0 Å². The summed E-state index contributed by atoms with van der Waals surface area (Å²) in [4.78, 5) is 4.59. The van der Waals surface area contributed by atoms with E-state index in [1.165, 1.54) is 5.56 Å². The predicted octanol–water partition coefficient (Wildman–Crippen LogP) is 3.29. The van der Waals surface area contributed by atoms with Crippen LogP contribution in [0.2, 0.25) is 0 Å². The first-order valence-electron chi connectivity index (χ1n) is 5.32.